The van der Waals surface area contributed by atoms with Crippen LogP contribution in [0.15, 0.2) is 88.9 Å². The topological polar surface area (TPSA) is 53.8 Å². The van der Waals surface area contributed by atoms with Crippen LogP contribution < -0.4 is 9.80 Å². The smallest absolute Gasteiger partial charge is 0.270 e. The molecular weight excluding hydrogens is 527 g/mol. The normalized spacial score (nSPS) is 15.1. The summed E-state index contributed by atoms with van der Waals surface area (Å²) in [7, 11) is 0. The summed E-state index contributed by atoms with van der Waals surface area (Å²) >= 11 is 18.2. The van der Waals surface area contributed by atoms with E-state index >= 15 is 0 Å². The molecule has 1 saturated heterocycles. The van der Waals surface area contributed by atoms with Gasteiger partial charge in [-0.3, -0.25) is 19.4 Å². The van der Waals surface area contributed by atoms with Crippen LogP contribution in [0.2, 0.25) is 10.0 Å². The van der Waals surface area contributed by atoms with Crippen LogP contribution in [0.25, 0.3) is 17.4 Å². The zero-order valence-electron chi connectivity index (χ0n) is 19.9. The van der Waals surface area contributed by atoms with E-state index in [-0.39, 0.29) is 10.7 Å². The fraction of sp³-hybridized carbons (Fsp3) is 0.0690. The summed E-state index contributed by atoms with van der Waals surface area (Å²) in [6, 6.07) is 23.2. The van der Waals surface area contributed by atoms with E-state index in [4.69, 9.17) is 39.8 Å². The zero-order chi connectivity index (χ0) is 26.3. The highest BCUT2D eigenvalue weighted by molar-refractivity contribution is 7.81. The zero-order valence-corrected chi connectivity index (χ0v) is 22.2. The Kier molecular flexibility index (Phi) is 6.73. The predicted octanol–water partition coefficient (Wildman–Crippen LogP) is 7.62. The van der Waals surface area contributed by atoms with Crippen molar-refractivity contribution >= 4 is 69.8 Å². The number of nitrogens with zero attached hydrogens (tertiary/aromatic N) is 2. The second-order valence-electron chi connectivity index (χ2n) is 8.53. The van der Waals surface area contributed by atoms with Gasteiger partial charge < -0.3 is 4.42 Å². The SMILES string of the molecule is Cc1ccc(N2C(=O)/C(=C/c3ccc(-c4cccc(Cl)c4Cl)o3)C(=O)N(c3ccccc3)C2=S)cc1C. The molecule has 0 atom stereocenters. The van der Waals surface area contributed by atoms with Crippen LogP contribution in [0.1, 0.15) is 16.9 Å². The van der Waals surface area contributed by atoms with Crippen LogP contribution in [0.5, 0.6) is 0 Å². The van der Waals surface area contributed by atoms with Crippen molar-refractivity contribution in [2.24, 2.45) is 0 Å². The van der Waals surface area contributed by atoms with Crippen molar-refractivity contribution in [3.05, 3.63) is 111 Å². The predicted molar refractivity (Wildman–Crippen MR) is 152 cm³/mol. The van der Waals surface area contributed by atoms with E-state index in [2.05, 4.69) is 0 Å². The minimum absolute atomic E-state index is 0.0763. The number of para-hydroxylation sites is 1. The lowest BCUT2D eigenvalue weighted by Gasteiger charge is -2.36. The fourth-order valence-electron chi connectivity index (χ4n) is 4.04. The first-order valence-corrected chi connectivity index (χ1v) is 12.5. The molecule has 1 aromatic heterocycles. The number of benzene rings is 3. The number of carbonyl (C=O) groups is 2. The van der Waals surface area contributed by atoms with Gasteiger partial charge >= 0.3 is 0 Å². The quantitative estimate of drug-likeness (QED) is 0.150. The summed E-state index contributed by atoms with van der Waals surface area (Å²) in [5, 5.41) is 0.820. The van der Waals surface area contributed by atoms with Gasteiger partial charge in [0.15, 0.2) is 5.11 Å². The second kappa shape index (κ2) is 9.98. The van der Waals surface area contributed by atoms with Crippen molar-refractivity contribution in [3.63, 3.8) is 0 Å². The van der Waals surface area contributed by atoms with E-state index in [1.54, 1.807) is 54.6 Å². The Morgan fingerprint density at radius 1 is 0.784 bits per heavy atom. The number of hydrogen-bond donors (Lipinski definition) is 0. The van der Waals surface area contributed by atoms with Crippen molar-refractivity contribution in [2.75, 3.05) is 9.80 Å². The van der Waals surface area contributed by atoms with E-state index in [1.807, 2.05) is 38.1 Å². The number of anilines is 2. The molecule has 0 bridgehead atoms. The molecule has 184 valence electrons. The molecule has 1 fully saturated rings. The van der Waals surface area contributed by atoms with Crippen molar-refractivity contribution < 1.29 is 14.0 Å². The molecule has 0 spiro atoms. The van der Waals surface area contributed by atoms with Crippen molar-refractivity contribution in [3.8, 4) is 11.3 Å². The van der Waals surface area contributed by atoms with Crippen molar-refractivity contribution in [1.29, 1.82) is 0 Å². The minimum Gasteiger partial charge on any atom is -0.457 e. The molecule has 1 aliphatic heterocycles. The Morgan fingerprint density at radius 3 is 2.19 bits per heavy atom. The van der Waals surface area contributed by atoms with Crippen LogP contribution in [0, 0.1) is 13.8 Å². The summed E-state index contributed by atoms with van der Waals surface area (Å²) < 4.78 is 5.95. The minimum atomic E-state index is -0.542. The Hall–Kier alpha value is -3.71. The average Bonchev–Trinajstić information content (AvgIpc) is 3.35. The summed E-state index contributed by atoms with van der Waals surface area (Å²) in [6.45, 7) is 3.94. The van der Waals surface area contributed by atoms with Gasteiger partial charge in [-0.25, -0.2) is 0 Å². The number of thiocarbonyl (C=S) groups is 1. The standard InChI is InChI=1S/C29H20Cl2N2O3S/c1-17-11-12-20(15-18(17)2)33-28(35)23(27(34)32(29(33)37)19-7-4-3-5-8-19)16-21-13-14-25(36-21)22-9-6-10-24(30)26(22)31/h3-16H,1-2H3/b23-16+. The Morgan fingerprint density at radius 2 is 1.49 bits per heavy atom. The highest BCUT2D eigenvalue weighted by atomic mass is 35.5. The molecule has 0 unspecified atom stereocenters. The molecule has 0 aliphatic carbocycles. The van der Waals surface area contributed by atoms with Gasteiger partial charge in [0.05, 0.1) is 21.4 Å². The Balaban J connectivity index is 1.61. The lowest BCUT2D eigenvalue weighted by molar-refractivity contribution is -0.120. The van der Waals surface area contributed by atoms with Crippen molar-refractivity contribution in [2.45, 2.75) is 13.8 Å². The molecule has 1 aliphatic rings. The van der Waals surface area contributed by atoms with Gasteiger partial charge in [0, 0.05) is 5.56 Å². The van der Waals surface area contributed by atoms with E-state index in [0.29, 0.717) is 38.5 Å². The van der Waals surface area contributed by atoms with Crippen LogP contribution in [0.4, 0.5) is 11.4 Å². The summed E-state index contributed by atoms with van der Waals surface area (Å²) in [5.41, 5.74) is 3.71. The maximum Gasteiger partial charge on any atom is 0.270 e. The highest BCUT2D eigenvalue weighted by Gasteiger charge is 2.41. The van der Waals surface area contributed by atoms with Gasteiger partial charge in [-0.1, -0.05) is 53.5 Å². The first kappa shape index (κ1) is 25.0. The summed E-state index contributed by atoms with van der Waals surface area (Å²) in [5.74, 6) is -0.315. The number of furan rings is 1. The maximum atomic E-state index is 13.7. The molecule has 0 radical (unpaired) electrons. The largest absolute Gasteiger partial charge is 0.457 e. The molecule has 2 heterocycles. The van der Waals surface area contributed by atoms with E-state index in [0.717, 1.165) is 11.1 Å². The fourth-order valence-corrected chi connectivity index (χ4v) is 4.81. The monoisotopic (exact) mass is 546 g/mol. The molecule has 3 aromatic carbocycles. The van der Waals surface area contributed by atoms with Gasteiger partial charge in [0.25, 0.3) is 11.8 Å². The van der Waals surface area contributed by atoms with Crippen LogP contribution in [0.3, 0.4) is 0 Å². The number of rotatable bonds is 4. The molecule has 5 nitrogen and oxygen atoms in total. The molecule has 37 heavy (non-hydrogen) atoms. The third-order valence-electron chi connectivity index (χ3n) is 6.14. The molecule has 8 heteroatoms. The summed E-state index contributed by atoms with van der Waals surface area (Å²) in [4.78, 5) is 30.1. The third kappa shape index (κ3) is 4.60. The lowest BCUT2D eigenvalue weighted by atomic mass is 10.1. The molecule has 2 amide bonds. The van der Waals surface area contributed by atoms with Crippen LogP contribution >= 0.6 is 35.4 Å². The summed E-state index contributed by atoms with van der Waals surface area (Å²) in [6.07, 6.45) is 1.43. The number of amides is 2. The number of aryl methyl sites for hydroxylation is 2. The first-order valence-electron chi connectivity index (χ1n) is 11.4. The van der Waals surface area contributed by atoms with Gasteiger partial charge in [0.1, 0.15) is 17.1 Å². The van der Waals surface area contributed by atoms with Crippen molar-refractivity contribution in [1.82, 2.24) is 0 Å². The van der Waals surface area contributed by atoms with Crippen LogP contribution in [-0.2, 0) is 9.59 Å². The molecule has 5 rings (SSSR count). The van der Waals surface area contributed by atoms with E-state index < -0.39 is 11.8 Å². The highest BCUT2D eigenvalue weighted by Crippen LogP contribution is 2.35. The average molecular weight is 547 g/mol. The molecule has 4 aromatic rings. The third-order valence-corrected chi connectivity index (χ3v) is 7.33. The molecular formula is C29H20Cl2N2O3S. The van der Waals surface area contributed by atoms with Gasteiger partial charge in [0.2, 0.25) is 0 Å². The van der Waals surface area contributed by atoms with Crippen LogP contribution in [-0.4, -0.2) is 16.9 Å². The number of halogens is 2. The van der Waals surface area contributed by atoms with Gasteiger partial charge in [-0.05, 0) is 91.8 Å². The van der Waals surface area contributed by atoms with E-state index in [9.17, 15) is 9.59 Å². The Bertz CT molecular complexity index is 1590. The number of carbonyl (C=O) groups excluding carboxylic acids is 2. The molecule has 0 saturated carbocycles. The van der Waals surface area contributed by atoms with Gasteiger partial charge in [-0.15, -0.1) is 0 Å². The number of hydrogen-bond acceptors (Lipinski definition) is 4. The second-order valence-corrected chi connectivity index (χ2v) is 9.68. The maximum absolute atomic E-state index is 13.7. The van der Waals surface area contributed by atoms with E-state index in [1.165, 1.54) is 15.9 Å². The Labute approximate surface area is 229 Å². The lowest BCUT2D eigenvalue weighted by Crippen LogP contribution is -2.57. The molecule has 0 N–H and O–H groups in total. The van der Waals surface area contributed by atoms with Gasteiger partial charge in [-0.2, -0.15) is 0 Å². The first-order chi connectivity index (χ1) is 17.8.